The minimum Gasteiger partial charge on any atom is -0.457 e. The van der Waals surface area contributed by atoms with Gasteiger partial charge < -0.3 is 23.8 Å². The second-order valence-corrected chi connectivity index (χ2v) is 25.7. The number of ether oxygens (including phenoxy) is 2. The lowest BCUT2D eigenvalue weighted by molar-refractivity contribution is -0.137. The Morgan fingerprint density at radius 3 is 1.31 bits per heavy atom. The highest BCUT2D eigenvalue weighted by Gasteiger charge is 2.45. The van der Waals surface area contributed by atoms with E-state index < -0.39 is 30.4 Å². The predicted molar refractivity (Wildman–Crippen MR) is 385 cm³/mol. The topological polar surface area (TPSA) is 103 Å². The molecule has 2 aliphatic rings. The highest BCUT2D eigenvalue weighted by molar-refractivity contribution is 7.00. The van der Waals surface area contributed by atoms with Crippen molar-refractivity contribution >= 4 is 91.0 Å². The highest BCUT2D eigenvalue weighted by Crippen LogP contribution is 2.48. The molecule has 2 aromatic heterocycles. The summed E-state index contributed by atoms with van der Waals surface area (Å²) in [5.74, 6) is -0.264. The Bertz CT molecular complexity index is 5190. The molecule has 10 nitrogen and oxygen atoms in total. The number of fused-ring (bicyclic) bond motifs is 7. The van der Waals surface area contributed by atoms with E-state index in [2.05, 4.69) is 103 Å². The number of halogens is 3. The largest absolute Gasteiger partial charge is 0.457 e. The van der Waals surface area contributed by atoms with E-state index >= 15 is 13.2 Å². The summed E-state index contributed by atoms with van der Waals surface area (Å²) in [4.78, 5) is 48.2. The van der Waals surface area contributed by atoms with Crippen molar-refractivity contribution in [2.24, 2.45) is 0 Å². The fraction of sp³-hybridized carbons (Fsp3) is 0.0833. The minimum absolute atomic E-state index is 0.0746. The van der Waals surface area contributed by atoms with Crippen molar-refractivity contribution in [2.75, 3.05) is 9.80 Å². The molecule has 14 heteroatoms. The molecule has 0 unspecified atom stereocenters. The van der Waals surface area contributed by atoms with Crippen LogP contribution in [-0.2, 0) is 34.3 Å². The van der Waals surface area contributed by atoms with Crippen LogP contribution in [0, 0.1) is 0 Å². The minimum atomic E-state index is -4.70. The first-order valence-corrected chi connectivity index (χ1v) is 32.4. The third-order valence-corrected chi connectivity index (χ3v) is 18.5. The zero-order chi connectivity index (χ0) is 66.8. The molecule has 14 aromatic rings. The molecule has 0 radical (unpaired) electrons. The summed E-state index contributed by atoms with van der Waals surface area (Å²) in [6.45, 7) is 6.12. The van der Waals surface area contributed by atoms with Gasteiger partial charge >= 0.3 is 18.1 Å². The first kappa shape index (κ1) is 60.8. The standard InChI is InChI=1S/C84H60BF3N6O4/c1-83(2,3)61-37-42-71-66(49-61)65-44-57(34-39-70(65)94(71)72-43-38-62(84(86,87)88)50-67(72)80-90-78(55-26-14-6-15-27-55)89-79(91-80)56-28-16-7-17-29-56)60-47-75-77-76(48-60)93(64-32-20-9-21-33-64)74-41-36-59(82(96)98-52-54-24-12-5-13-25-54)46-69(74)85(77)68-45-58(81(95)97-51-53-22-10-4-11-23-53)35-40-73(68)92(75)63-30-18-8-19-31-63/h4-50H,51-52H2,1-3H3. The van der Waals surface area contributed by atoms with Crippen LogP contribution in [0.25, 0.3) is 72.8 Å². The maximum absolute atomic E-state index is 15.2. The van der Waals surface area contributed by atoms with Gasteiger partial charge in [0.1, 0.15) is 13.2 Å². The van der Waals surface area contributed by atoms with Gasteiger partial charge in [0.2, 0.25) is 0 Å². The molecule has 0 saturated carbocycles. The van der Waals surface area contributed by atoms with Crippen LogP contribution in [0.2, 0.25) is 0 Å². The molecule has 0 aliphatic carbocycles. The average Bonchev–Trinajstić information content (AvgIpc) is 0.722. The maximum atomic E-state index is 15.2. The van der Waals surface area contributed by atoms with Crippen LogP contribution in [0.3, 0.4) is 0 Å². The van der Waals surface area contributed by atoms with Gasteiger partial charge in [-0.05, 0) is 153 Å². The summed E-state index contributed by atoms with van der Waals surface area (Å²) >= 11 is 0. The van der Waals surface area contributed by atoms with E-state index in [9.17, 15) is 9.59 Å². The lowest BCUT2D eigenvalue weighted by Crippen LogP contribution is -2.61. The van der Waals surface area contributed by atoms with Crippen LogP contribution in [0.4, 0.5) is 47.3 Å². The van der Waals surface area contributed by atoms with E-state index in [0.29, 0.717) is 39.6 Å². The van der Waals surface area contributed by atoms with Gasteiger partial charge in [-0.15, -0.1) is 0 Å². The molecule has 474 valence electrons. The monoisotopic (exact) mass is 1280 g/mol. The van der Waals surface area contributed by atoms with Crippen molar-refractivity contribution < 1.29 is 32.2 Å². The van der Waals surface area contributed by atoms with Crippen LogP contribution in [0.15, 0.2) is 285 Å². The van der Waals surface area contributed by atoms with Crippen molar-refractivity contribution in [1.82, 2.24) is 19.5 Å². The Kier molecular flexibility index (Phi) is 15.2. The van der Waals surface area contributed by atoms with Crippen molar-refractivity contribution in [1.29, 1.82) is 0 Å². The van der Waals surface area contributed by atoms with E-state index in [1.165, 1.54) is 6.07 Å². The molecular weight excluding hydrogens is 1220 g/mol. The Labute approximate surface area is 564 Å². The van der Waals surface area contributed by atoms with Crippen LogP contribution in [0.1, 0.15) is 63.7 Å². The number of hydrogen-bond donors (Lipinski definition) is 0. The van der Waals surface area contributed by atoms with Gasteiger partial charge in [0, 0.05) is 61.6 Å². The number of carbonyl (C=O) groups excluding carboxylic acids is 2. The molecule has 0 amide bonds. The summed E-state index contributed by atoms with van der Waals surface area (Å²) in [5.41, 5.74) is 15.2. The molecule has 0 atom stereocenters. The number of alkyl halides is 3. The molecule has 0 fully saturated rings. The second kappa shape index (κ2) is 24.6. The zero-order valence-electron chi connectivity index (χ0n) is 53.6. The van der Waals surface area contributed by atoms with Gasteiger partial charge in [0.15, 0.2) is 17.5 Å². The van der Waals surface area contributed by atoms with Crippen LogP contribution in [0.5, 0.6) is 0 Å². The van der Waals surface area contributed by atoms with Gasteiger partial charge in [-0.3, -0.25) is 0 Å². The molecule has 0 bridgehead atoms. The van der Waals surface area contributed by atoms with Gasteiger partial charge in [-0.1, -0.05) is 203 Å². The van der Waals surface area contributed by atoms with Gasteiger partial charge in [-0.2, -0.15) is 13.2 Å². The number of nitrogens with zero attached hydrogens (tertiary/aromatic N) is 6. The number of rotatable bonds is 13. The normalized spacial score (nSPS) is 12.5. The molecular formula is C84H60BF3N6O4. The number of anilines is 6. The number of carbonyl (C=O) groups is 2. The van der Waals surface area contributed by atoms with Gasteiger partial charge in [-0.25, -0.2) is 24.5 Å². The zero-order valence-corrected chi connectivity index (χ0v) is 53.6. The lowest BCUT2D eigenvalue weighted by Gasteiger charge is -2.44. The molecule has 0 N–H and O–H groups in total. The Hall–Kier alpha value is -12.2. The predicted octanol–water partition coefficient (Wildman–Crippen LogP) is 18.7. The highest BCUT2D eigenvalue weighted by atomic mass is 19.4. The fourth-order valence-corrected chi connectivity index (χ4v) is 13.7. The van der Waals surface area contributed by atoms with Gasteiger partial charge in [0.05, 0.1) is 33.4 Å². The molecule has 0 saturated heterocycles. The van der Waals surface area contributed by atoms with E-state index in [0.717, 1.165) is 112 Å². The van der Waals surface area contributed by atoms with E-state index in [1.807, 2.05) is 199 Å². The van der Waals surface area contributed by atoms with E-state index in [1.54, 1.807) is 0 Å². The Morgan fingerprint density at radius 1 is 0.398 bits per heavy atom. The van der Waals surface area contributed by atoms with Crippen LogP contribution < -0.4 is 26.2 Å². The smallest absolute Gasteiger partial charge is 0.416 e. The summed E-state index contributed by atoms with van der Waals surface area (Å²) in [7, 11) is 0. The van der Waals surface area contributed by atoms with Crippen molar-refractivity contribution in [3.63, 3.8) is 0 Å². The SMILES string of the molecule is CC(C)(C)c1ccc2c(c1)c1cc(-c3cc4c5c(c3)N(c3ccccc3)c3ccc(C(=O)OCc6ccccc6)cc3B5c3cc(C(=O)OCc5ccccc5)ccc3N4c3ccccc3)ccc1n2-c1ccc(C(F)(F)F)cc1-c1nc(-c2ccccc2)nc(-c2ccccc2)n1. The van der Waals surface area contributed by atoms with E-state index in [-0.39, 0.29) is 30.0 Å². The molecule has 4 heterocycles. The van der Waals surface area contributed by atoms with Crippen molar-refractivity contribution in [3.8, 4) is 51.0 Å². The molecule has 12 aromatic carbocycles. The summed E-state index contributed by atoms with van der Waals surface area (Å²) in [6, 6.07) is 90.7. The summed E-state index contributed by atoms with van der Waals surface area (Å²) < 4.78 is 59.8. The third-order valence-electron chi connectivity index (χ3n) is 18.5. The number of aromatic nitrogens is 4. The second-order valence-electron chi connectivity index (χ2n) is 25.7. The molecule has 16 rings (SSSR count). The lowest BCUT2D eigenvalue weighted by atomic mass is 9.33. The fourth-order valence-electron chi connectivity index (χ4n) is 13.7. The molecule has 2 aliphatic heterocycles. The third kappa shape index (κ3) is 11.2. The Morgan fingerprint density at radius 2 is 0.827 bits per heavy atom. The maximum Gasteiger partial charge on any atom is 0.416 e. The molecule has 0 spiro atoms. The first-order chi connectivity index (χ1) is 47.7. The Balaban J connectivity index is 0.924. The summed E-state index contributed by atoms with van der Waals surface area (Å²) in [6.07, 6.45) is -4.70. The number of hydrogen-bond acceptors (Lipinski definition) is 9. The molecule has 98 heavy (non-hydrogen) atoms. The van der Waals surface area contributed by atoms with Gasteiger partial charge in [0.25, 0.3) is 6.71 Å². The van der Waals surface area contributed by atoms with E-state index in [4.69, 9.17) is 24.4 Å². The number of esters is 2. The van der Waals surface area contributed by atoms with Crippen LogP contribution in [-0.4, -0.2) is 38.2 Å². The van der Waals surface area contributed by atoms with Crippen molar-refractivity contribution in [2.45, 2.75) is 45.6 Å². The number of para-hydroxylation sites is 2. The average molecular weight is 1290 g/mol. The van der Waals surface area contributed by atoms with Crippen LogP contribution >= 0.6 is 0 Å². The number of benzene rings is 12. The van der Waals surface area contributed by atoms with Crippen molar-refractivity contribution in [3.05, 3.63) is 318 Å². The first-order valence-electron chi connectivity index (χ1n) is 32.4. The summed E-state index contributed by atoms with van der Waals surface area (Å²) in [5, 5.41) is 1.75. The quantitative estimate of drug-likeness (QED) is 0.0825.